The Hall–Kier alpha value is -1.52. The summed E-state index contributed by atoms with van der Waals surface area (Å²) < 4.78 is 17.8. The van der Waals surface area contributed by atoms with Crippen LogP contribution in [-0.4, -0.2) is 11.7 Å². The third-order valence-corrected chi connectivity index (χ3v) is 2.60. The number of halogens is 2. The summed E-state index contributed by atoms with van der Waals surface area (Å²) in [5, 5.41) is 12.9. The number of aliphatic hydroxyl groups is 1. The number of nitrogens with one attached hydrogen (secondary N) is 1. The van der Waals surface area contributed by atoms with Crippen molar-refractivity contribution in [1.82, 2.24) is 0 Å². The van der Waals surface area contributed by atoms with Crippen molar-refractivity contribution in [3.05, 3.63) is 53.2 Å². The number of hydrogen-bond acceptors (Lipinski definition) is 3. The Morgan fingerprint density at radius 2 is 2.24 bits per heavy atom. The van der Waals surface area contributed by atoms with Crippen molar-refractivity contribution in [2.75, 3.05) is 11.9 Å². The van der Waals surface area contributed by atoms with Gasteiger partial charge < -0.3 is 14.8 Å². The predicted octanol–water partition coefficient (Wildman–Crippen LogP) is 3.22. The largest absolute Gasteiger partial charge is 0.467 e. The zero-order valence-electron chi connectivity index (χ0n) is 8.86. The van der Waals surface area contributed by atoms with Crippen LogP contribution in [0, 0.1) is 5.82 Å². The molecule has 0 aliphatic heterocycles. The van der Waals surface area contributed by atoms with E-state index >= 15 is 0 Å². The third-order valence-electron chi connectivity index (χ3n) is 2.29. The lowest BCUT2D eigenvalue weighted by Crippen LogP contribution is -2.11. The standard InChI is InChI=1S/C12H11ClFNO2/c13-9-6-8(14)3-4-10(9)15-7-11(16)12-2-1-5-17-12/h1-6,11,15-16H,7H2. The molecule has 0 bridgehead atoms. The summed E-state index contributed by atoms with van der Waals surface area (Å²) in [6, 6.07) is 7.41. The summed E-state index contributed by atoms with van der Waals surface area (Å²) in [4.78, 5) is 0. The second kappa shape index (κ2) is 5.21. The van der Waals surface area contributed by atoms with E-state index in [1.54, 1.807) is 12.1 Å². The molecular weight excluding hydrogens is 245 g/mol. The Kier molecular flexibility index (Phi) is 3.66. The molecular formula is C12H11ClFNO2. The fraction of sp³-hybridized carbons (Fsp3) is 0.167. The molecule has 0 aliphatic rings. The van der Waals surface area contributed by atoms with E-state index in [1.165, 1.54) is 24.5 Å². The molecule has 0 amide bonds. The van der Waals surface area contributed by atoms with Gasteiger partial charge in [0.05, 0.1) is 17.0 Å². The van der Waals surface area contributed by atoms with E-state index in [2.05, 4.69) is 5.32 Å². The number of anilines is 1. The minimum atomic E-state index is -0.772. The van der Waals surface area contributed by atoms with Crippen molar-refractivity contribution in [2.45, 2.75) is 6.10 Å². The first kappa shape index (κ1) is 12.0. The summed E-state index contributed by atoms with van der Waals surface area (Å²) in [6.45, 7) is 0.235. The molecule has 17 heavy (non-hydrogen) atoms. The van der Waals surface area contributed by atoms with Crippen molar-refractivity contribution < 1.29 is 13.9 Å². The van der Waals surface area contributed by atoms with E-state index in [1.807, 2.05) is 0 Å². The van der Waals surface area contributed by atoms with Crippen molar-refractivity contribution in [3.8, 4) is 0 Å². The quantitative estimate of drug-likeness (QED) is 0.882. The van der Waals surface area contributed by atoms with Gasteiger partial charge in [-0.15, -0.1) is 0 Å². The van der Waals surface area contributed by atoms with Crippen LogP contribution in [-0.2, 0) is 0 Å². The highest BCUT2D eigenvalue weighted by Crippen LogP contribution is 2.23. The van der Waals surface area contributed by atoms with E-state index in [-0.39, 0.29) is 11.6 Å². The Labute approximate surface area is 103 Å². The van der Waals surface area contributed by atoms with Gasteiger partial charge in [-0.05, 0) is 30.3 Å². The van der Waals surface area contributed by atoms with Crippen LogP contribution in [0.15, 0.2) is 41.0 Å². The minimum Gasteiger partial charge on any atom is -0.467 e. The lowest BCUT2D eigenvalue weighted by atomic mass is 10.2. The predicted molar refractivity (Wildman–Crippen MR) is 63.6 cm³/mol. The molecule has 0 aliphatic carbocycles. The van der Waals surface area contributed by atoms with Gasteiger partial charge in [0.1, 0.15) is 17.7 Å². The molecule has 90 valence electrons. The average molecular weight is 256 g/mol. The molecule has 1 atom stereocenters. The number of aliphatic hydroxyl groups excluding tert-OH is 1. The molecule has 0 saturated carbocycles. The molecule has 1 aromatic carbocycles. The lowest BCUT2D eigenvalue weighted by molar-refractivity contribution is 0.162. The molecule has 0 spiro atoms. The Morgan fingerprint density at radius 3 is 2.88 bits per heavy atom. The average Bonchev–Trinajstić information content (AvgIpc) is 2.81. The Balaban J connectivity index is 1.98. The Morgan fingerprint density at radius 1 is 1.41 bits per heavy atom. The van der Waals surface area contributed by atoms with E-state index < -0.39 is 11.9 Å². The molecule has 0 fully saturated rings. The zero-order valence-corrected chi connectivity index (χ0v) is 9.62. The maximum atomic E-state index is 12.8. The van der Waals surface area contributed by atoms with Crippen molar-refractivity contribution in [2.24, 2.45) is 0 Å². The van der Waals surface area contributed by atoms with Gasteiger partial charge in [0.15, 0.2) is 0 Å². The van der Waals surface area contributed by atoms with Gasteiger partial charge >= 0.3 is 0 Å². The van der Waals surface area contributed by atoms with Crippen molar-refractivity contribution in [1.29, 1.82) is 0 Å². The summed E-state index contributed by atoms with van der Waals surface area (Å²) >= 11 is 5.83. The van der Waals surface area contributed by atoms with E-state index in [0.717, 1.165) is 0 Å². The van der Waals surface area contributed by atoms with Crippen LogP contribution in [0.1, 0.15) is 11.9 Å². The first-order valence-corrected chi connectivity index (χ1v) is 5.45. The van der Waals surface area contributed by atoms with Gasteiger partial charge in [0.2, 0.25) is 0 Å². The van der Waals surface area contributed by atoms with E-state index in [9.17, 15) is 9.50 Å². The molecule has 0 radical (unpaired) electrons. The summed E-state index contributed by atoms with van der Waals surface area (Å²) in [5.74, 6) is 0.0721. The van der Waals surface area contributed by atoms with Crippen LogP contribution >= 0.6 is 11.6 Å². The van der Waals surface area contributed by atoms with Gasteiger partial charge in [-0.1, -0.05) is 11.6 Å². The van der Waals surface area contributed by atoms with Crippen LogP contribution in [0.3, 0.4) is 0 Å². The van der Waals surface area contributed by atoms with Gasteiger partial charge in [0, 0.05) is 6.54 Å². The van der Waals surface area contributed by atoms with Gasteiger partial charge in [-0.25, -0.2) is 4.39 Å². The zero-order chi connectivity index (χ0) is 12.3. The second-order valence-electron chi connectivity index (χ2n) is 3.54. The van der Waals surface area contributed by atoms with Crippen LogP contribution in [0.4, 0.5) is 10.1 Å². The first-order valence-electron chi connectivity index (χ1n) is 5.07. The lowest BCUT2D eigenvalue weighted by Gasteiger charge is -2.11. The molecule has 1 aromatic heterocycles. The Bertz CT molecular complexity index is 487. The summed E-state index contributed by atoms with van der Waals surface area (Å²) in [5.41, 5.74) is 0.568. The minimum absolute atomic E-state index is 0.235. The molecule has 2 N–H and O–H groups in total. The van der Waals surface area contributed by atoms with Gasteiger partial charge in [-0.2, -0.15) is 0 Å². The summed E-state index contributed by atoms with van der Waals surface area (Å²) in [7, 11) is 0. The van der Waals surface area contributed by atoms with E-state index in [4.69, 9.17) is 16.0 Å². The van der Waals surface area contributed by atoms with Crippen LogP contribution < -0.4 is 5.32 Å². The maximum absolute atomic E-state index is 12.8. The van der Waals surface area contributed by atoms with Crippen LogP contribution in [0.25, 0.3) is 0 Å². The molecule has 2 rings (SSSR count). The second-order valence-corrected chi connectivity index (χ2v) is 3.94. The fourth-order valence-electron chi connectivity index (χ4n) is 1.42. The smallest absolute Gasteiger partial charge is 0.134 e. The van der Waals surface area contributed by atoms with Crippen molar-refractivity contribution >= 4 is 17.3 Å². The SMILES string of the molecule is OC(CNc1ccc(F)cc1Cl)c1ccco1. The maximum Gasteiger partial charge on any atom is 0.134 e. The number of benzene rings is 1. The third kappa shape index (κ3) is 2.99. The van der Waals surface area contributed by atoms with Crippen LogP contribution in [0.2, 0.25) is 5.02 Å². The molecule has 2 aromatic rings. The molecule has 0 saturated heterocycles. The molecule has 1 unspecified atom stereocenters. The van der Waals surface area contributed by atoms with Gasteiger partial charge in [0.25, 0.3) is 0 Å². The normalized spacial score (nSPS) is 12.4. The number of rotatable bonds is 4. The topological polar surface area (TPSA) is 45.4 Å². The number of furan rings is 1. The number of hydrogen-bond donors (Lipinski definition) is 2. The fourth-order valence-corrected chi connectivity index (χ4v) is 1.65. The van der Waals surface area contributed by atoms with Gasteiger partial charge in [-0.3, -0.25) is 0 Å². The molecule has 3 nitrogen and oxygen atoms in total. The van der Waals surface area contributed by atoms with E-state index in [0.29, 0.717) is 11.4 Å². The van der Waals surface area contributed by atoms with Crippen molar-refractivity contribution in [3.63, 3.8) is 0 Å². The monoisotopic (exact) mass is 255 g/mol. The van der Waals surface area contributed by atoms with Crippen LogP contribution in [0.5, 0.6) is 0 Å². The first-order chi connectivity index (χ1) is 8.16. The highest BCUT2D eigenvalue weighted by atomic mass is 35.5. The molecule has 1 heterocycles. The highest BCUT2D eigenvalue weighted by molar-refractivity contribution is 6.33. The summed E-state index contributed by atoms with van der Waals surface area (Å²) in [6.07, 6.45) is 0.717. The molecule has 5 heteroatoms. The highest BCUT2D eigenvalue weighted by Gasteiger charge is 2.10.